The fraction of sp³-hybridized carbons (Fsp3) is 0.286. The van der Waals surface area contributed by atoms with Gasteiger partial charge in [0.2, 0.25) is 0 Å². The first-order valence-electron chi connectivity index (χ1n) is 5.19. The van der Waals surface area contributed by atoms with Gasteiger partial charge in [0.25, 0.3) is 0 Å². The molecule has 1 aromatic carbocycles. The standard InChI is InChI=1S/C14H16O/c1-5-12-11-8-7-9(3)10(4)14(11)13(6-2)15-12/h5-8,12-13H,1-2H2,3-4H3. The molecule has 0 aliphatic carbocycles. The Bertz CT molecular complexity index is 418. The minimum atomic E-state index is 0.0160. The summed E-state index contributed by atoms with van der Waals surface area (Å²) in [5, 5.41) is 0. The van der Waals surface area contributed by atoms with E-state index in [0.717, 1.165) is 0 Å². The van der Waals surface area contributed by atoms with Crippen molar-refractivity contribution >= 4 is 0 Å². The third kappa shape index (κ3) is 1.44. The maximum absolute atomic E-state index is 5.83. The van der Waals surface area contributed by atoms with Crippen LogP contribution in [0.4, 0.5) is 0 Å². The summed E-state index contributed by atoms with van der Waals surface area (Å²) in [6.07, 6.45) is 3.73. The molecule has 1 nitrogen and oxygen atoms in total. The van der Waals surface area contributed by atoms with E-state index in [2.05, 4.69) is 39.1 Å². The first-order chi connectivity index (χ1) is 7.19. The van der Waals surface area contributed by atoms with E-state index in [1.165, 1.54) is 22.3 Å². The van der Waals surface area contributed by atoms with Gasteiger partial charge in [-0.1, -0.05) is 24.3 Å². The third-order valence-corrected chi connectivity index (χ3v) is 3.13. The fourth-order valence-electron chi connectivity index (χ4n) is 2.14. The summed E-state index contributed by atoms with van der Waals surface area (Å²) in [6, 6.07) is 4.27. The van der Waals surface area contributed by atoms with E-state index in [1.807, 2.05) is 12.2 Å². The quantitative estimate of drug-likeness (QED) is 0.660. The average molecular weight is 200 g/mol. The lowest BCUT2D eigenvalue weighted by Crippen LogP contribution is -1.95. The van der Waals surface area contributed by atoms with Crippen LogP contribution >= 0.6 is 0 Å². The number of rotatable bonds is 2. The van der Waals surface area contributed by atoms with Crippen molar-refractivity contribution in [3.63, 3.8) is 0 Å². The maximum atomic E-state index is 5.83. The van der Waals surface area contributed by atoms with Gasteiger partial charge in [-0.15, -0.1) is 13.2 Å². The largest absolute Gasteiger partial charge is 0.357 e. The zero-order chi connectivity index (χ0) is 11.0. The monoisotopic (exact) mass is 200 g/mol. The highest BCUT2D eigenvalue weighted by Gasteiger charge is 2.29. The summed E-state index contributed by atoms with van der Waals surface area (Å²) < 4.78 is 5.83. The fourth-order valence-corrected chi connectivity index (χ4v) is 2.14. The van der Waals surface area contributed by atoms with E-state index in [-0.39, 0.29) is 12.2 Å². The van der Waals surface area contributed by atoms with Gasteiger partial charge in [-0.2, -0.15) is 0 Å². The van der Waals surface area contributed by atoms with Crippen molar-refractivity contribution in [3.05, 3.63) is 59.7 Å². The zero-order valence-electron chi connectivity index (χ0n) is 9.29. The van der Waals surface area contributed by atoms with Gasteiger partial charge in [-0.3, -0.25) is 0 Å². The minimum Gasteiger partial charge on any atom is -0.357 e. The molecule has 1 aliphatic heterocycles. The predicted octanol–water partition coefficient (Wildman–Crippen LogP) is 3.79. The van der Waals surface area contributed by atoms with Gasteiger partial charge in [-0.25, -0.2) is 0 Å². The van der Waals surface area contributed by atoms with Gasteiger partial charge in [0.15, 0.2) is 0 Å². The molecular weight excluding hydrogens is 184 g/mol. The van der Waals surface area contributed by atoms with Crippen molar-refractivity contribution < 1.29 is 4.74 Å². The Hall–Kier alpha value is -1.34. The smallest absolute Gasteiger partial charge is 0.102 e. The van der Waals surface area contributed by atoms with E-state index in [4.69, 9.17) is 4.74 Å². The van der Waals surface area contributed by atoms with E-state index in [1.54, 1.807) is 0 Å². The first-order valence-corrected chi connectivity index (χ1v) is 5.19. The maximum Gasteiger partial charge on any atom is 0.102 e. The molecule has 0 radical (unpaired) electrons. The van der Waals surface area contributed by atoms with Crippen LogP contribution in [0.5, 0.6) is 0 Å². The zero-order valence-corrected chi connectivity index (χ0v) is 9.29. The second-order valence-corrected chi connectivity index (χ2v) is 3.96. The Morgan fingerprint density at radius 3 is 2.40 bits per heavy atom. The van der Waals surface area contributed by atoms with E-state index in [9.17, 15) is 0 Å². The third-order valence-electron chi connectivity index (χ3n) is 3.13. The van der Waals surface area contributed by atoms with Crippen molar-refractivity contribution in [1.82, 2.24) is 0 Å². The van der Waals surface area contributed by atoms with E-state index in [0.29, 0.717) is 0 Å². The van der Waals surface area contributed by atoms with Crippen LogP contribution < -0.4 is 0 Å². The number of hydrogen-bond acceptors (Lipinski definition) is 1. The molecule has 0 N–H and O–H groups in total. The van der Waals surface area contributed by atoms with Crippen molar-refractivity contribution in [1.29, 1.82) is 0 Å². The summed E-state index contributed by atoms with van der Waals surface area (Å²) in [7, 11) is 0. The molecule has 1 heteroatoms. The van der Waals surface area contributed by atoms with E-state index < -0.39 is 0 Å². The second-order valence-electron chi connectivity index (χ2n) is 3.96. The second kappa shape index (κ2) is 3.67. The van der Waals surface area contributed by atoms with Crippen molar-refractivity contribution in [2.24, 2.45) is 0 Å². The van der Waals surface area contributed by atoms with Crippen LogP contribution in [-0.4, -0.2) is 0 Å². The summed E-state index contributed by atoms with van der Waals surface area (Å²) in [5.74, 6) is 0. The molecule has 2 atom stereocenters. The Morgan fingerprint density at radius 1 is 1.13 bits per heavy atom. The van der Waals surface area contributed by atoms with Crippen LogP contribution in [0.3, 0.4) is 0 Å². The number of benzene rings is 1. The topological polar surface area (TPSA) is 9.23 Å². The molecule has 0 amide bonds. The van der Waals surface area contributed by atoms with E-state index >= 15 is 0 Å². The number of hydrogen-bond donors (Lipinski definition) is 0. The van der Waals surface area contributed by atoms with Gasteiger partial charge in [0.1, 0.15) is 12.2 Å². The molecule has 0 saturated heterocycles. The minimum absolute atomic E-state index is 0.0160. The van der Waals surface area contributed by atoms with Crippen LogP contribution in [0, 0.1) is 13.8 Å². The number of ether oxygens (including phenoxy) is 1. The van der Waals surface area contributed by atoms with Crippen molar-refractivity contribution in [2.45, 2.75) is 26.1 Å². The van der Waals surface area contributed by atoms with Gasteiger partial charge in [0, 0.05) is 0 Å². The van der Waals surface area contributed by atoms with Crippen molar-refractivity contribution in [2.75, 3.05) is 0 Å². The van der Waals surface area contributed by atoms with Crippen LogP contribution in [0.15, 0.2) is 37.4 Å². The molecule has 0 saturated carbocycles. The Kier molecular flexibility index (Phi) is 2.49. The van der Waals surface area contributed by atoms with Crippen LogP contribution in [-0.2, 0) is 4.74 Å². The lowest BCUT2D eigenvalue weighted by Gasteiger charge is -2.10. The average Bonchev–Trinajstić information content (AvgIpc) is 2.62. The van der Waals surface area contributed by atoms with Gasteiger partial charge >= 0.3 is 0 Å². The number of aryl methyl sites for hydroxylation is 1. The Balaban J connectivity index is 2.63. The van der Waals surface area contributed by atoms with Crippen LogP contribution in [0.2, 0.25) is 0 Å². The molecule has 2 unspecified atom stereocenters. The summed E-state index contributed by atoms with van der Waals surface area (Å²) in [6.45, 7) is 11.9. The molecule has 0 bridgehead atoms. The highest BCUT2D eigenvalue weighted by molar-refractivity contribution is 5.47. The van der Waals surface area contributed by atoms with Crippen LogP contribution in [0.1, 0.15) is 34.5 Å². The van der Waals surface area contributed by atoms with Crippen LogP contribution in [0.25, 0.3) is 0 Å². The molecular formula is C14H16O. The van der Waals surface area contributed by atoms with Gasteiger partial charge in [0.05, 0.1) is 0 Å². The van der Waals surface area contributed by atoms with Crippen molar-refractivity contribution in [3.8, 4) is 0 Å². The summed E-state index contributed by atoms with van der Waals surface area (Å²) >= 11 is 0. The summed E-state index contributed by atoms with van der Waals surface area (Å²) in [5.41, 5.74) is 5.11. The molecule has 1 aliphatic rings. The molecule has 0 spiro atoms. The lowest BCUT2D eigenvalue weighted by molar-refractivity contribution is 0.0676. The molecule has 0 fully saturated rings. The molecule has 1 heterocycles. The molecule has 2 rings (SSSR count). The highest BCUT2D eigenvalue weighted by atomic mass is 16.5. The molecule has 1 aromatic rings. The lowest BCUT2D eigenvalue weighted by atomic mass is 9.94. The summed E-state index contributed by atoms with van der Waals surface area (Å²) in [4.78, 5) is 0. The normalized spacial score (nSPS) is 23.6. The SMILES string of the molecule is C=CC1OC(C=C)c2c1ccc(C)c2C. The molecule has 15 heavy (non-hydrogen) atoms. The predicted molar refractivity (Wildman–Crippen MR) is 62.9 cm³/mol. The number of fused-ring (bicyclic) bond motifs is 1. The van der Waals surface area contributed by atoms with Gasteiger partial charge in [-0.05, 0) is 36.1 Å². The molecule has 0 aromatic heterocycles. The Morgan fingerprint density at radius 2 is 1.80 bits per heavy atom. The molecule has 78 valence electrons. The van der Waals surface area contributed by atoms with Gasteiger partial charge < -0.3 is 4.74 Å². The first kappa shape index (κ1) is 10.2. The highest BCUT2D eigenvalue weighted by Crippen LogP contribution is 2.42. The Labute approximate surface area is 91.1 Å².